The number of carbonyl (C=O) groups excluding carboxylic acids is 1. The number of aromatic nitrogens is 4. The molecule has 1 aliphatic rings. The van der Waals surface area contributed by atoms with Crippen LogP contribution in [0.5, 0.6) is 5.75 Å². The predicted octanol–water partition coefficient (Wildman–Crippen LogP) is 1.99. The average Bonchev–Trinajstić information content (AvgIpc) is 2.75. The first-order valence-electron chi connectivity index (χ1n) is 9.52. The van der Waals surface area contributed by atoms with Crippen LogP contribution < -0.4 is 21.1 Å². The highest BCUT2D eigenvalue weighted by molar-refractivity contribution is 5.96. The SMILES string of the molecule is COc1cccnc1Nc1nc(Nc2cc3c(cc2F)CCN(C)C3)nnc1C(N)=O. The number of nitrogens with one attached hydrogen (secondary N) is 2. The molecular formula is C20H21FN8O2. The molecule has 4 N–H and O–H groups in total. The molecule has 0 aliphatic carbocycles. The third-order valence-corrected chi connectivity index (χ3v) is 4.89. The van der Waals surface area contributed by atoms with Crippen molar-refractivity contribution in [3.05, 3.63) is 53.1 Å². The minimum Gasteiger partial charge on any atom is -0.493 e. The quantitative estimate of drug-likeness (QED) is 0.543. The zero-order valence-electron chi connectivity index (χ0n) is 17.0. The molecule has 11 heteroatoms. The van der Waals surface area contributed by atoms with Gasteiger partial charge in [0.2, 0.25) is 5.95 Å². The van der Waals surface area contributed by atoms with Crippen molar-refractivity contribution in [1.29, 1.82) is 0 Å². The van der Waals surface area contributed by atoms with Gasteiger partial charge in [0.15, 0.2) is 23.1 Å². The number of primary amides is 1. The van der Waals surface area contributed by atoms with E-state index in [-0.39, 0.29) is 23.1 Å². The number of pyridine rings is 1. The van der Waals surface area contributed by atoms with Crippen molar-refractivity contribution in [2.45, 2.75) is 13.0 Å². The Labute approximate surface area is 177 Å². The van der Waals surface area contributed by atoms with E-state index in [1.54, 1.807) is 24.4 Å². The van der Waals surface area contributed by atoms with Crippen molar-refractivity contribution in [2.24, 2.45) is 5.73 Å². The van der Waals surface area contributed by atoms with E-state index in [0.717, 1.165) is 30.6 Å². The van der Waals surface area contributed by atoms with Gasteiger partial charge in [-0.3, -0.25) is 4.79 Å². The highest BCUT2D eigenvalue weighted by Crippen LogP contribution is 2.28. The number of likely N-dealkylation sites (N-methyl/N-ethyl adjacent to an activating group) is 1. The third kappa shape index (κ3) is 4.36. The molecule has 160 valence electrons. The van der Waals surface area contributed by atoms with Gasteiger partial charge in [-0.05, 0) is 48.9 Å². The van der Waals surface area contributed by atoms with Crippen molar-refractivity contribution in [3.8, 4) is 5.75 Å². The molecule has 3 aromatic rings. The van der Waals surface area contributed by atoms with Gasteiger partial charge in [0.05, 0.1) is 12.8 Å². The Balaban J connectivity index is 1.66. The Morgan fingerprint density at radius 3 is 2.84 bits per heavy atom. The van der Waals surface area contributed by atoms with Crippen LogP contribution in [0, 0.1) is 5.82 Å². The number of ether oxygens (including phenoxy) is 1. The monoisotopic (exact) mass is 424 g/mol. The molecule has 0 fully saturated rings. The molecule has 10 nitrogen and oxygen atoms in total. The zero-order valence-corrected chi connectivity index (χ0v) is 17.0. The molecule has 1 aliphatic heterocycles. The van der Waals surface area contributed by atoms with Gasteiger partial charge in [-0.1, -0.05) is 0 Å². The highest BCUT2D eigenvalue weighted by atomic mass is 19.1. The number of nitrogens with zero attached hydrogens (tertiary/aromatic N) is 5. The van der Waals surface area contributed by atoms with Crippen molar-refractivity contribution >= 4 is 29.2 Å². The Morgan fingerprint density at radius 2 is 2.06 bits per heavy atom. The maximum absolute atomic E-state index is 14.6. The lowest BCUT2D eigenvalue weighted by Gasteiger charge is -2.25. The van der Waals surface area contributed by atoms with E-state index < -0.39 is 11.7 Å². The molecule has 0 saturated heterocycles. The number of halogens is 1. The van der Waals surface area contributed by atoms with E-state index in [1.165, 1.54) is 13.2 Å². The van der Waals surface area contributed by atoms with E-state index in [0.29, 0.717) is 11.6 Å². The third-order valence-electron chi connectivity index (χ3n) is 4.89. The lowest BCUT2D eigenvalue weighted by molar-refractivity contribution is 0.0995. The largest absolute Gasteiger partial charge is 0.493 e. The van der Waals surface area contributed by atoms with Crippen LogP contribution >= 0.6 is 0 Å². The average molecular weight is 424 g/mol. The lowest BCUT2D eigenvalue weighted by atomic mass is 9.99. The number of anilines is 4. The lowest BCUT2D eigenvalue weighted by Crippen LogP contribution is -2.26. The minimum atomic E-state index is -0.827. The standard InChI is InChI=1S/C20H21FN8O2/c1-29-7-5-11-8-13(21)14(9-12(11)10-29)24-20-26-19(16(17(22)30)27-28-20)25-18-15(31-2)4-3-6-23-18/h3-4,6,8-9H,5,7,10H2,1-2H3,(H2,22,30)(H2,23,24,25,26,28). The van der Waals surface area contributed by atoms with Crippen LogP contribution in [0.1, 0.15) is 21.6 Å². The van der Waals surface area contributed by atoms with Gasteiger partial charge in [-0.25, -0.2) is 9.37 Å². The van der Waals surface area contributed by atoms with E-state index in [1.807, 2.05) is 7.05 Å². The molecular weight excluding hydrogens is 403 g/mol. The van der Waals surface area contributed by atoms with E-state index in [2.05, 4.69) is 35.7 Å². The zero-order chi connectivity index (χ0) is 22.0. The smallest absolute Gasteiger partial charge is 0.273 e. The molecule has 2 aromatic heterocycles. The first-order chi connectivity index (χ1) is 14.9. The molecule has 31 heavy (non-hydrogen) atoms. The molecule has 0 saturated carbocycles. The molecule has 1 aromatic carbocycles. The van der Waals surface area contributed by atoms with Crippen LogP contribution in [0.4, 0.5) is 27.7 Å². The topological polar surface area (TPSA) is 131 Å². The van der Waals surface area contributed by atoms with Gasteiger partial charge in [0.1, 0.15) is 5.82 Å². The van der Waals surface area contributed by atoms with Gasteiger partial charge in [-0.15, -0.1) is 10.2 Å². The summed E-state index contributed by atoms with van der Waals surface area (Å²) >= 11 is 0. The first kappa shape index (κ1) is 20.4. The van der Waals surface area contributed by atoms with Gasteiger partial charge in [0.25, 0.3) is 5.91 Å². The summed E-state index contributed by atoms with van der Waals surface area (Å²) < 4.78 is 19.9. The number of nitrogens with two attached hydrogens (primary N) is 1. The molecule has 3 heterocycles. The Kier molecular flexibility index (Phi) is 5.58. The Bertz CT molecular complexity index is 1140. The van der Waals surface area contributed by atoms with Crippen LogP contribution in [0.15, 0.2) is 30.5 Å². The summed E-state index contributed by atoms with van der Waals surface area (Å²) in [6, 6.07) is 6.64. The summed E-state index contributed by atoms with van der Waals surface area (Å²) in [7, 11) is 3.50. The fourth-order valence-electron chi connectivity index (χ4n) is 3.33. The summed E-state index contributed by atoms with van der Waals surface area (Å²) in [4.78, 5) is 22.4. The van der Waals surface area contributed by atoms with Crippen molar-refractivity contribution in [3.63, 3.8) is 0 Å². The summed E-state index contributed by atoms with van der Waals surface area (Å²) in [5, 5.41) is 13.4. The van der Waals surface area contributed by atoms with Crippen LogP contribution in [0.25, 0.3) is 0 Å². The van der Waals surface area contributed by atoms with Gasteiger partial charge in [0, 0.05) is 19.3 Å². The van der Waals surface area contributed by atoms with E-state index in [4.69, 9.17) is 10.5 Å². The summed E-state index contributed by atoms with van der Waals surface area (Å²) in [6.07, 6.45) is 2.33. The maximum Gasteiger partial charge on any atom is 0.273 e. The Morgan fingerprint density at radius 1 is 1.23 bits per heavy atom. The van der Waals surface area contributed by atoms with E-state index in [9.17, 15) is 9.18 Å². The second-order valence-electron chi connectivity index (χ2n) is 7.09. The molecule has 0 bridgehead atoms. The van der Waals surface area contributed by atoms with Crippen molar-refractivity contribution in [1.82, 2.24) is 25.1 Å². The van der Waals surface area contributed by atoms with Crippen LogP contribution in [-0.4, -0.2) is 51.7 Å². The number of methoxy groups -OCH3 is 1. The normalized spacial score (nSPS) is 13.4. The fraction of sp³-hybridized carbons (Fsp3) is 0.250. The number of fused-ring (bicyclic) bond motifs is 1. The number of hydrogen-bond acceptors (Lipinski definition) is 9. The van der Waals surface area contributed by atoms with Gasteiger partial charge < -0.3 is 26.0 Å². The Hall–Kier alpha value is -3.86. The second kappa shape index (κ2) is 8.48. The van der Waals surface area contributed by atoms with E-state index >= 15 is 0 Å². The molecule has 1 amide bonds. The number of benzene rings is 1. The number of rotatable bonds is 6. The first-order valence-corrected chi connectivity index (χ1v) is 9.52. The molecule has 4 rings (SSSR count). The van der Waals surface area contributed by atoms with Gasteiger partial charge in [-0.2, -0.15) is 4.98 Å². The summed E-state index contributed by atoms with van der Waals surface area (Å²) in [5.74, 6) is -0.512. The molecule has 0 spiro atoms. The summed E-state index contributed by atoms with van der Waals surface area (Å²) in [5.41, 5.74) is 7.42. The van der Waals surface area contributed by atoms with Crippen molar-refractivity contribution < 1.29 is 13.9 Å². The molecule has 0 radical (unpaired) electrons. The molecule has 0 unspecified atom stereocenters. The van der Waals surface area contributed by atoms with Gasteiger partial charge >= 0.3 is 0 Å². The molecule has 0 atom stereocenters. The second-order valence-corrected chi connectivity index (χ2v) is 7.09. The number of hydrogen-bond donors (Lipinski definition) is 3. The van der Waals surface area contributed by atoms with Crippen LogP contribution in [0.2, 0.25) is 0 Å². The maximum atomic E-state index is 14.6. The number of carbonyl (C=O) groups is 1. The fourth-order valence-corrected chi connectivity index (χ4v) is 3.33. The highest BCUT2D eigenvalue weighted by Gasteiger charge is 2.19. The number of amides is 1. The summed E-state index contributed by atoms with van der Waals surface area (Å²) in [6.45, 7) is 1.60. The minimum absolute atomic E-state index is 0.00888. The van der Waals surface area contributed by atoms with Crippen LogP contribution in [0.3, 0.4) is 0 Å². The van der Waals surface area contributed by atoms with Crippen molar-refractivity contribution in [2.75, 3.05) is 31.3 Å². The predicted molar refractivity (Wildman–Crippen MR) is 112 cm³/mol. The van der Waals surface area contributed by atoms with Crippen LogP contribution in [-0.2, 0) is 13.0 Å².